The number of likely N-dealkylation sites (tertiary alicyclic amines) is 1. The van der Waals surface area contributed by atoms with Crippen LogP contribution in [0.1, 0.15) is 43.1 Å². The van der Waals surface area contributed by atoms with E-state index in [9.17, 15) is 0 Å². The van der Waals surface area contributed by atoms with E-state index in [0.29, 0.717) is 17.9 Å². The van der Waals surface area contributed by atoms with Crippen LogP contribution in [0.3, 0.4) is 0 Å². The Balaban J connectivity index is 1.40. The van der Waals surface area contributed by atoms with Crippen molar-refractivity contribution in [1.82, 2.24) is 25.0 Å². The van der Waals surface area contributed by atoms with E-state index in [-0.39, 0.29) is 0 Å². The Kier molecular flexibility index (Phi) is 4.18. The molecule has 0 unspecified atom stereocenters. The number of anilines is 1. The minimum Gasteiger partial charge on any atom is -0.350 e. The summed E-state index contributed by atoms with van der Waals surface area (Å²) in [6.07, 6.45) is 6.54. The van der Waals surface area contributed by atoms with Crippen molar-refractivity contribution in [3.63, 3.8) is 0 Å². The minimum absolute atomic E-state index is 0.562. The second-order valence-corrected chi connectivity index (χ2v) is 6.90. The summed E-state index contributed by atoms with van der Waals surface area (Å²) in [4.78, 5) is 18.0. The second-order valence-electron chi connectivity index (χ2n) is 6.90. The highest BCUT2D eigenvalue weighted by Gasteiger charge is 2.36. The van der Waals surface area contributed by atoms with E-state index in [1.54, 1.807) is 6.33 Å². The molecule has 2 fully saturated rings. The van der Waals surface area contributed by atoms with Crippen LogP contribution in [0.5, 0.6) is 0 Å². The highest BCUT2D eigenvalue weighted by Crippen LogP contribution is 2.35. The smallest absolute Gasteiger partial charge is 0.240 e. The SMILES string of the molecule is Cc1cc(N(C2CC2)C2CCN(Cc3nc(C)no3)CC2)ncn1. The summed E-state index contributed by atoms with van der Waals surface area (Å²) in [6, 6.07) is 3.34. The third-order valence-electron chi connectivity index (χ3n) is 4.87. The van der Waals surface area contributed by atoms with Crippen LogP contribution in [0.4, 0.5) is 5.82 Å². The first-order valence-corrected chi connectivity index (χ1v) is 8.77. The normalized spacial score (nSPS) is 19.6. The topological polar surface area (TPSA) is 71.2 Å². The van der Waals surface area contributed by atoms with E-state index >= 15 is 0 Å². The van der Waals surface area contributed by atoms with Crippen LogP contribution < -0.4 is 4.90 Å². The Labute approximate surface area is 142 Å². The van der Waals surface area contributed by atoms with Gasteiger partial charge in [-0.25, -0.2) is 9.97 Å². The number of hydrogen-bond acceptors (Lipinski definition) is 7. The molecule has 0 N–H and O–H groups in total. The van der Waals surface area contributed by atoms with Gasteiger partial charge in [0, 0.05) is 36.9 Å². The summed E-state index contributed by atoms with van der Waals surface area (Å²) in [6.45, 7) is 6.75. The lowest BCUT2D eigenvalue weighted by Crippen LogP contribution is -2.46. The van der Waals surface area contributed by atoms with Gasteiger partial charge in [-0.3, -0.25) is 4.90 Å². The second kappa shape index (κ2) is 6.47. The molecule has 2 aromatic heterocycles. The van der Waals surface area contributed by atoms with Crippen molar-refractivity contribution in [2.24, 2.45) is 0 Å². The number of piperidine rings is 1. The molecule has 2 aromatic rings. The van der Waals surface area contributed by atoms with Crippen molar-refractivity contribution in [3.8, 4) is 0 Å². The Hall–Kier alpha value is -2.02. The lowest BCUT2D eigenvalue weighted by Gasteiger charge is -2.39. The summed E-state index contributed by atoms with van der Waals surface area (Å²) in [5.41, 5.74) is 1.04. The summed E-state index contributed by atoms with van der Waals surface area (Å²) >= 11 is 0. The fourth-order valence-electron chi connectivity index (χ4n) is 3.56. The lowest BCUT2D eigenvalue weighted by atomic mass is 10.0. The summed E-state index contributed by atoms with van der Waals surface area (Å²) < 4.78 is 5.24. The van der Waals surface area contributed by atoms with Crippen LogP contribution in [0.15, 0.2) is 16.9 Å². The van der Waals surface area contributed by atoms with Crippen LogP contribution in [0.25, 0.3) is 0 Å². The summed E-state index contributed by atoms with van der Waals surface area (Å²) in [7, 11) is 0. The average molecular weight is 328 g/mol. The highest BCUT2D eigenvalue weighted by molar-refractivity contribution is 5.43. The Morgan fingerprint density at radius 1 is 1.12 bits per heavy atom. The molecule has 4 rings (SSSR count). The Bertz CT molecular complexity index is 690. The molecule has 0 radical (unpaired) electrons. The molecular weight excluding hydrogens is 304 g/mol. The first-order valence-electron chi connectivity index (χ1n) is 8.77. The largest absolute Gasteiger partial charge is 0.350 e. The average Bonchev–Trinajstić information content (AvgIpc) is 3.32. The Morgan fingerprint density at radius 2 is 1.88 bits per heavy atom. The summed E-state index contributed by atoms with van der Waals surface area (Å²) in [5.74, 6) is 2.52. The van der Waals surface area contributed by atoms with E-state index in [4.69, 9.17) is 4.52 Å². The van der Waals surface area contributed by atoms with Crippen LogP contribution in [-0.2, 0) is 6.54 Å². The van der Waals surface area contributed by atoms with E-state index in [1.807, 2.05) is 13.8 Å². The molecule has 0 atom stereocenters. The molecule has 1 saturated carbocycles. The fraction of sp³-hybridized carbons (Fsp3) is 0.647. The zero-order valence-corrected chi connectivity index (χ0v) is 14.4. The first kappa shape index (κ1) is 15.5. The molecule has 0 spiro atoms. The number of rotatable bonds is 5. The van der Waals surface area contributed by atoms with Crippen molar-refractivity contribution in [2.75, 3.05) is 18.0 Å². The van der Waals surface area contributed by atoms with Crippen molar-refractivity contribution in [3.05, 3.63) is 29.8 Å². The van der Waals surface area contributed by atoms with Crippen molar-refractivity contribution >= 4 is 5.82 Å². The zero-order chi connectivity index (χ0) is 16.5. The van der Waals surface area contributed by atoms with Crippen LogP contribution in [0.2, 0.25) is 0 Å². The maximum atomic E-state index is 5.24. The number of aromatic nitrogens is 4. The van der Waals surface area contributed by atoms with Crippen LogP contribution in [0, 0.1) is 13.8 Å². The molecule has 1 aliphatic carbocycles. The van der Waals surface area contributed by atoms with Gasteiger partial charge >= 0.3 is 0 Å². The van der Waals surface area contributed by atoms with Crippen molar-refractivity contribution < 1.29 is 4.52 Å². The van der Waals surface area contributed by atoms with Gasteiger partial charge < -0.3 is 9.42 Å². The summed E-state index contributed by atoms with van der Waals surface area (Å²) in [5, 5.41) is 3.87. The number of nitrogens with zero attached hydrogens (tertiary/aromatic N) is 6. The quantitative estimate of drug-likeness (QED) is 0.832. The van der Waals surface area contributed by atoms with Crippen molar-refractivity contribution in [2.45, 2.75) is 58.2 Å². The van der Waals surface area contributed by atoms with Gasteiger partial charge in [-0.2, -0.15) is 4.98 Å². The molecule has 7 heteroatoms. The van der Waals surface area contributed by atoms with E-state index in [1.165, 1.54) is 12.8 Å². The third kappa shape index (κ3) is 3.40. The molecule has 7 nitrogen and oxygen atoms in total. The molecule has 24 heavy (non-hydrogen) atoms. The lowest BCUT2D eigenvalue weighted by molar-refractivity contribution is 0.178. The zero-order valence-electron chi connectivity index (χ0n) is 14.4. The maximum absolute atomic E-state index is 5.24. The van der Waals surface area contributed by atoms with Crippen LogP contribution >= 0.6 is 0 Å². The van der Waals surface area contributed by atoms with Gasteiger partial charge in [0.1, 0.15) is 12.1 Å². The van der Waals surface area contributed by atoms with Gasteiger partial charge in [0.25, 0.3) is 0 Å². The van der Waals surface area contributed by atoms with Gasteiger partial charge in [-0.15, -0.1) is 0 Å². The molecule has 1 aliphatic heterocycles. The van der Waals surface area contributed by atoms with Gasteiger partial charge in [0.05, 0.1) is 6.54 Å². The molecule has 1 saturated heterocycles. The van der Waals surface area contributed by atoms with Crippen molar-refractivity contribution in [1.29, 1.82) is 0 Å². The third-order valence-corrected chi connectivity index (χ3v) is 4.87. The molecular formula is C17H24N6O. The van der Waals surface area contributed by atoms with E-state index in [0.717, 1.165) is 49.9 Å². The maximum Gasteiger partial charge on any atom is 0.240 e. The first-order chi connectivity index (χ1) is 11.7. The monoisotopic (exact) mass is 328 g/mol. The highest BCUT2D eigenvalue weighted by atomic mass is 16.5. The van der Waals surface area contributed by atoms with Gasteiger partial charge in [0.15, 0.2) is 5.82 Å². The molecule has 2 aliphatic rings. The molecule has 3 heterocycles. The molecule has 128 valence electrons. The Morgan fingerprint density at radius 3 is 2.50 bits per heavy atom. The predicted molar refractivity (Wildman–Crippen MR) is 89.6 cm³/mol. The predicted octanol–water partition coefficient (Wildman–Crippen LogP) is 2.11. The van der Waals surface area contributed by atoms with Gasteiger partial charge in [-0.05, 0) is 39.5 Å². The molecule has 0 bridgehead atoms. The standard InChI is InChI=1S/C17H24N6O/c1-12-9-16(19-11-18-12)23(14-3-4-14)15-5-7-22(8-6-15)10-17-20-13(2)21-24-17/h9,11,14-15H,3-8,10H2,1-2H3. The van der Waals surface area contributed by atoms with Gasteiger partial charge in [0.2, 0.25) is 5.89 Å². The fourth-order valence-corrected chi connectivity index (χ4v) is 3.56. The minimum atomic E-state index is 0.562. The van der Waals surface area contributed by atoms with Crippen LogP contribution in [-0.4, -0.2) is 50.2 Å². The number of hydrogen-bond donors (Lipinski definition) is 0. The van der Waals surface area contributed by atoms with E-state index < -0.39 is 0 Å². The number of aryl methyl sites for hydroxylation is 2. The van der Waals surface area contributed by atoms with Gasteiger partial charge in [-0.1, -0.05) is 5.16 Å². The molecule has 0 amide bonds. The van der Waals surface area contributed by atoms with E-state index in [2.05, 4.69) is 36.0 Å². The molecule has 0 aromatic carbocycles.